The summed E-state index contributed by atoms with van der Waals surface area (Å²) in [5.74, 6) is 0.763. The van der Waals surface area contributed by atoms with Crippen molar-refractivity contribution in [2.24, 2.45) is 0 Å². The molecule has 0 N–H and O–H groups in total. The van der Waals surface area contributed by atoms with E-state index in [4.69, 9.17) is 4.74 Å². The van der Waals surface area contributed by atoms with Crippen molar-refractivity contribution in [2.45, 2.75) is 20.8 Å². The standard InChI is InChI=1S/C18H25O2P/c1-14(2)11-20-17-7-9-18(10-8-17)21(19,12-15(3)4)13-16(5)6/h7-10H,1,3,5,11-13H2,2,4,6H3. The average Bonchev–Trinajstić information content (AvgIpc) is 2.34. The van der Waals surface area contributed by atoms with Gasteiger partial charge in [-0.3, -0.25) is 0 Å². The van der Waals surface area contributed by atoms with Crippen molar-refractivity contribution in [3.63, 3.8) is 0 Å². The number of hydrogen-bond acceptors (Lipinski definition) is 2. The number of ether oxygens (including phenoxy) is 1. The van der Waals surface area contributed by atoms with Gasteiger partial charge in [0.2, 0.25) is 0 Å². The Bertz CT molecular complexity index is 562. The molecule has 0 aromatic heterocycles. The van der Waals surface area contributed by atoms with Crippen molar-refractivity contribution < 1.29 is 9.30 Å². The maximum absolute atomic E-state index is 13.2. The van der Waals surface area contributed by atoms with E-state index >= 15 is 0 Å². The zero-order valence-electron chi connectivity index (χ0n) is 13.3. The highest BCUT2D eigenvalue weighted by Crippen LogP contribution is 2.47. The summed E-state index contributed by atoms with van der Waals surface area (Å²) in [7, 11) is -2.51. The lowest BCUT2D eigenvalue weighted by Crippen LogP contribution is -2.12. The third-order valence-electron chi connectivity index (χ3n) is 2.84. The van der Waals surface area contributed by atoms with E-state index in [0.29, 0.717) is 18.9 Å². The SMILES string of the molecule is C=C(C)COc1ccc(P(=O)(CC(=C)C)CC(=C)C)cc1. The van der Waals surface area contributed by atoms with Gasteiger partial charge in [0.25, 0.3) is 0 Å². The Balaban J connectivity index is 2.98. The molecule has 0 spiro atoms. The highest BCUT2D eigenvalue weighted by molar-refractivity contribution is 7.72. The van der Waals surface area contributed by atoms with Crippen molar-refractivity contribution in [3.05, 3.63) is 60.7 Å². The van der Waals surface area contributed by atoms with E-state index in [1.807, 2.05) is 45.0 Å². The first-order chi connectivity index (χ1) is 9.73. The highest BCUT2D eigenvalue weighted by Gasteiger charge is 2.24. The molecule has 1 rings (SSSR count). The molecule has 0 atom stereocenters. The molecule has 2 nitrogen and oxygen atoms in total. The summed E-state index contributed by atoms with van der Waals surface area (Å²) in [6.45, 7) is 17.8. The number of rotatable bonds is 8. The van der Waals surface area contributed by atoms with Gasteiger partial charge >= 0.3 is 0 Å². The van der Waals surface area contributed by atoms with Gasteiger partial charge in [0.15, 0.2) is 0 Å². The first kappa shape index (κ1) is 17.5. The third kappa shape index (κ3) is 5.77. The van der Waals surface area contributed by atoms with Crippen LogP contribution in [0.1, 0.15) is 20.8 Å². The summed E-state index contributed by atoms with van der Waals surface area (Å²) in [5, 5.41) is 0.858. The summed E-state index contributed by atoms with van der Waals surface area (Å²) in [5.41, 5.74) is 2.83. The predicted molar refractivity (Wildman–Crippen MR) is 93.4 cm³/mol. The topological polar surface area (TPSA) is 26.3 Å². The van der Waals surface area contributed by atoms with E-state index in [9.17, 15) is 4.57 Å². The summed E-state index contributed by atoms with van der Waals surface area (Å²) >= 11 is 0. The van der Waals surface area contributed by atoms with Crippen LogP contribution >= 0.6 is 7.14 Å². The normalized spacial score (nSPS) is 11.0. The number of benzene rings is 1. The molecule has 0 aliphatic heterocycles. The molecular formula is C18H25O2P. The molecule has 0 amide bonds. The highest BCUT2D eigenvalue weighted by atomic mass is 31.2. The molecule has 114 valence electrons. The monoisotopic (exact) mass is 304 g/mol. The van der Waals surface area contributed by atoms with Crippen molar-refractivity contribution in [2.75, 3.05) is 18.9 Å². The molecule has 0 bridgehead atoms. The van der Waals surface area contributed by atoms with Crippen molar-refractivity contribution in [1.29, 1.82) is 0 Å². The lowest BCUT2D eigenvalue weighted by molar-refractivity contribution is 0.353. The van der Waals surface area contributed by atoms with Gasteiger partial charge in [-0.25, -0.2) is 0 Å². The summed E-state index contributed by atoms with van der Waals surface area (Å²) in [6, 6.07) is 7.50. The second kappa shape index (κ2) is 7.47. The predicted octanol–water partition coefficient (Wildman–Crippen LogP) is 4.78. The van der Waals surface area contributed by atoms with Crippen molar-refractivity contribution in [3.8, 4) is 5.75 Å². The average molecular weight is 304 g/mol. The first-order valence-electron chi connectivity index (χ1n) is 6.97. The summed E-state index contributed by atoms with van der Waals surface area (Å²) < 4.78 is 18.8. The second-order valence-corrected chi connectivity index (χ2v) is 8.79. The van der Waals surface area contributed by atoms with Gasteiger partial charge in [-0.2, -0.15) is 0 Å². The van der Waals surface area contributed by atoms with Crippen molar-refractivity contribution in [1.82, 2.24) is 0 Å². The fourth-order valence-electron chi connectivity index (χ4n) is 2.13. The molecule has 1 aromatic rings. The zero-order chi connectivity index (χ0) is 16.0. The number of hydrogen-bond donors (Lipinski definition) is 0. The van der Waals surface area contributed by atoms with E-state index in [1.54, 1.807) is 0 Å². The Morgan fingerprint density at radius 2 is 1.43 bits per heavy atom. The maximum Gasteiger partial charge on any atom is 0.123 e. The van der Waals surface area contributed by atoms with Gasteiger partial charge < -0.3 is 9.30 Å². The molecule has 21 heavy (non-hydrogen) atoms. The first-order valence-corrected chi connectivity index (χ1v) is 9.05. The van der Waals surface area contributed by atoms with Gasteiger partial charge in [-0.05, 0) is 50.6 Å². The quantitative estimate of drug-likeness (QED) is 0.510. The van der Waals surface area contributed by atoms with Crippen LogP contribution in [0.15, 0.2) is 60.7 Å². The van der Waals surface area contributed by atoms with Gasteiger partial charge in [0.1, 0.15) is 19.5 Å². The molecular weight excluding hydrogens is 279 g/mol. The van der Waals surface area contributed by atoms with Gasteiger partial charge in [0, 0.05) is 17.6 Å². The Morgan fingerprint density at radius 3 is 1.81 bits per heavy atom. The molecule has 1 aromatic carbocycles. The lowest BCUT2D eigenvalue weighted by atomic mass is 10.3. The van der Waals surface area contributed by atoms with Gasteiger partial charge in [-0.15, -0.1) is 0 Å². The lowest BCUT2D eigenvalue weighted by Gasteiger charge is -2.19. The minimum Gasteiger partial charge on any atom is -0.489 e. The van der Waals surface area contributed by atoms with E-state index in [1.165, 1.54) is 0 Å². The van der Waals surface area contributed by atoms with E-state index in [2.05, 4.69) is 19.7 Å². The summed E-state index contributed by atoms with van der Waals surface area (Å²) in [4.78, 5) is 0. The largest absolute Gasteiger partial charge is 0.489 e. The Labute approximate surface area is 128 Å². The molecule has 0 saturated carbocycles. The van der Waals surface area contributed by atoms with Crippen LogP contribution in [0.4, 0.5) is 0 Å². The van der Waals surface area contributed by atoms with Crippen LogP contribution in [-0.4, -0.2) is 18.9 Å². The van der Waals surface area contributed by atoms with Crippen LogP contribution in [0.25, 0.3) is 0 Å². The zero-order valence-corrected chi connectivity index (χ0v) is 14.2. The van der Waals surface area contributed by atoms with E-state index < -0.39 is 7.14 Å². The molecule has 0 unspecified atom stereocenters. The number of allylic oxidation sites excluding steroid dienone is 2. The third-order valence-corrected chi connectivity index (χ3v) is 6.18. The van der Waals surface area contributed by atoms with Crippen LogP contribution in [-0.2, 0) is 4.57 Å². The Hall–Kier alpha value is -1.53. The minimum absolute atomic E-state index is 0.495. The van der Waals surface area contributed by atoms with Crippen molar-refractivity contribution >= 4 is 12.4 Å². The van der Waals surface area contributed by atoms with Gasteiger partial charge in [-0.1, -0.05) is 30.9 Å². The van der Waals surface area contributed by atoms with Crippen LogP contribution in [0.2, 0.25) is 0 Å². The van der Waals surface area contributed by atoms with Crippen LogP contribution in [0.3, 0.4) is 0 Å². The molecule has 0 heterocycles. The Kier molecular flexibility index (Phi) is 6.23. The van der Waals surface area contributed by atoms with Crippen LogP contribution in [0, 0.1) is 0 Å². The molecule has 0 aliphatic rings. The van der Waals surface area contributed by atoms with Crippen LogP contribution < -0.4 is 10.0 Å². The maximum atomic E-state index is 13.2. The smallest absolute Gasteiger partial charge is 0.123 e. The fraction of sp³-hybridized carbons (Fsp3) is 0.333. The Morgan fingerprint density at radius 1 is 0.952 bits per heavy atom. The molecule has 3 heteroatoms. The second-order valence-electron chi connectivity index (χ2n) is 5.86. The van der Waals surface area contributed by atoms with Gasteiger partial charge in [0.05, 0.1) is 0 Å². The minimum atomic E-state index is -2.51. The fourth-order valence-corrected chi connectivity index (χ4v) is 5.04. The van der Waals surface area contributed by atoms with Crippen LogP contribution in [0.5, 0.6) is 5.75 Å². The molecule has 0 radical (unpaired) electrons. The molecule has 0 fully saturated rings. The molecule has 0 aliphatic carbocycles. The molecule has 0 saturated heterocycles. The summed E-state index contributed by atoms with van der Waals surface area (Å²) in [6.07, 6.45) is 1.04. The van der Waals surface area contributed by atoms with E-state index in [-0.39, 0.29) is 0 Å². The van der Waals surface area contributed by atoms with E-state index in [0.717, 1.165) is 27.8 Å².